The van der Waals surface area contributed by atoms with Crippen LogP contribution in [0.5, 0.6) is 0 Å². The van der Waals surface area contributed by atoms with Crippen LogP contribution in [-0.4, -0.2) is 70.0 Å². The van der Waals surface area contributed by atoms with Crippen molar-refractivity contribution in [1.29, 1.82) is 0 Å². The fourth-order valence-electron chi connectivity index (χ4n) is 5.54. The van der Waals surface area contributed by atoms with E-state index in [2.05, 4.69) is 50.3 Å². The Balaban J connectivity index is 4.43. The number of nitrogens with zero attached hydrogens (tertiary/aromatic N) is 1. The lowest BCUT2D eigenvalue weighted by molar-refractivity contribution is -0.870. The topological polar surface area (TPSA) is 111 Å². The number of carbonyl (C=O) groups excluding carboxylic acids is 2. The highest BCUT2D eigenvalue weighted by Crippen LogP contribution is 2.38. The van der Waals surface area contributed by atoms with Crippen LogP contribution in [0, 0.1) is 0 Å². The zero-order chi connectivity index (χ0) is 39.3. The minimum absolute atomic E-state index is 0.0350. The Labute approximate surface area is 325 Å². The van der Waals surface area contributed by atoms with E-state index in [4.69, 9.17) is 18.5 Å². The first-order valence-electron chi connectivity index (χ1n) is 21.2. The number of unbranched alkanes of at least 4 members (excludes halogenated alkanes) is 18. The van der Waals surface area contributed by atoms with Crippen LogP contribution in [-0.2, 0) is 32.7 Å². The van der Waals surface area contributed by atoms with Crippen LogP contribution in [0.4, 0.5) is 0 Å². The molecule has 0 amide bonds. The highest BCUT2D eigenvalue weighted by Gasteiger charge is 2.21. The van der Waals surface area contributed by atoms with Crippen LogP contribution < -0.4 is 4.89 Å². The van der Waals surface area contributed by atoms with E-state index in [1.165, 1.54) is 83.5 Å². The zero-order valence-electron chi connectivity index (χ0n) is 34.7. The predicted molar refractivity (Wildman–Crippen MR) is 217 cm³/mol. The lowest BCUT2D eigenvalue weighted by Crippen LogP contribution is -2.37. The molecule has 0 rings (SSSR count). The standard InChI is InChI=1S/C43H80NO8P/c1-6-8-10-12-14-16-18-20-21-22-23-24-26-28-30-32-34-36-43(46)52-41(40-51-53(47,48)50-38-37-44(3,4)5)39-49-42(45)35-33-31-29-27-25-19-17-15-13-11-9-7-2/h14,16,20-21,23-24,41H,6-13,15,17-19,22,25-40H2,1-5H3/b16-14+,21-20+,24-23+/t41-/m1/s1. The summed E-state index contributed by atoms with van der Waals surface area (Å²) in [5, 5.41) is 0. The van der Waals surface area contributed by atoms with Gasteiger partial charge in [0.25, 0.3) is 7.82 Å². The first kappa shape index (κ1) is 51.2. The molecule has 2 atom stereocenters. The van der Waals surface area contributed by atoms with Gasteiger partial charge in [0, 0.05) is 12.8 Å². The highest BCUT2D eigenvalue weighted by atomic mass is 31.2. The van der Waals surface area contributed by atoms with Crippen LogP contribution >= 0.6 is 7.82 Å². The maximum absolute atomic E-state index is 12.6. The second kappa shape index (κ2) is 35.9. The van der Waals surface area contributed by atoms with Gasteiger partial charge < -0.3 is 27.9 Å². The minimum atomic E-state index is -4.63. The number of esters is 2. The number of allylic oxidation sites excluding steroid dienone is 6. The molecule has 0 aliphatic rings. The summed E-state index contributed by atoms with van der Waals surface area (Å²) in [5.41, 5.74) is 0. The molecule has 0 spiro atoms. The Morgan fingerprint density at radius 1 is 0.585 bits per heavy atom. The van der Waals surface area contributed by atoms with Crippen LogP contribution in [0.1, 0.15) is 174 Å². The molecule has 10 heteroatoms. The Morgan fingerprint density at radius 2 is 1.02 bits per heavy atom. The molecule has 310 valence electrons. The van der Waals surface area contributed by atoms with E-state index in [0.29, 0.717) is 17.4 Å². The molecule has 0 aromatic rings. The molecule has 0 radical (unpaired) electrons. The molecule has 0 saturated heterocycles. The first-order valence-corrected chi connectivity index (χ1v) is 22.7. The van der Waals surface area contributed by atoms with Gasteiger partial charge in [-0.2, -0.15) is 0 Å². The van der Waals surface area contributed by atoms with Gasteiger partial charge >= 0.3 is 11.9 Å². The number of hydrogen-bond acceptors (Lipinski definition) is 8. The van der Waals surface area contributed by atoms with E-state index < -0.39 is 32.5 Å². The molecule has 0 aromatic carbocycles. The summed E-state index contributed by atoms with van der Waals surface area (Å²) < 4.78 is 33.8. The Hall–Kier alpha value is -1.77. The summed E-state index contributed by atoms with van der Waals surface area (Å²) in [7, 11) is 1.15. The van der Waals surface area contributed by atoms with Gasteiger partial charge in [-0.05, 0) is 51.4 Å². The fraction of sp³-hybridized carbons (Fsp3) is 0.814. The van der Waals surface area contributed by atoms with Crippen molar-refractivity contribution in [3.8, 4) is 0 Å². The van der Waals surface area contributed by atoms with Crippen molar-refractivity contribution in [2.24, 2.45) is 0 Å². The van der Waals surface area contributed by atoms with Gasteiger partial charge in [-0.3, -0.25) is 14.2 Å². The quantitative estimate of drug-likeness (QED) is 0.0201. The van der Waals surface area contributed by atoms with Crippen molar-refractivity contribution >= 4 is 19.8 Å². The monoisotopic (exact) mass is 770 g/mol. The molecule has 0 N–H and O–H groups in total. The second-order valence-corrected chi connectivity index (χ2v) is 16.8. The normalized spacial score (nSPS) is 14.0. The summed E-state index contributed by atoms with van der Waals surface area (Å²) in [5.74, 6) is -0.859. The van der Waals surface area contributed by atoms with Crippen LogP contribution in [0.25, 0.3) is 0 Å². The summed E-state index contributed by atoms with van der Waals surface area (Å²) >= 11 is 0. The molecular formula is C43H80NO8P. The number of quaternary nitrogens is 1. The first-order chi connectivity index (χ1) is 25.5. The third kappa shape index (κ3) is 39.7. The van der Waals surface area contributed by atoms with Gasteiger partial charge in [-0.1, -0.05) is 147 Å². The van der Waals surface area contributed by atoms with Crippen LogP contribution in [0.15, 0.2) is 36.5 Å². The molecule has 1 unspecified atom stereocenters. The smallest absolute Gasteiger partial charge is 0.306 e. The number of carbonyl (C=O) groups is 2. The molecular weight excluding hydrogens is 689 g/mol. The molecule has 0 heterocycles. The van der Waals surface area contributed by atoms with Crippen molar-refractivity contribution in [3.05, 3.63) is 36.5 Å². The molecule has 9 nitrogen and oxygen atoms in total. The average Bonchev–Trinajstić information content (AvgIpc) is 3.10. The predicted octanol–water partition coefficient (Wildman–Crippen LogP) is 11.1. The maximum atomic E-state index is 12.6. The highest BCUT2D eigenvalue weighted by molar-refractivity contribution is 7.45. The number of hydrogen-bond donors (Lipinski definition) is 0. The number of rotatable bonds is 38. The van der Waals surface area contributed by atoms with E-state index in [1.807, 2.05) is 21.1 Å². The van der Waals surface area contributed by atoms with Gasteiger partial charge in [-0.25, -0.2) is 0 Å². The zero-order valence-corrected chi connectivity index (χ0v) is 35.6. The third-order valence-electron chi connectivity index (χ3n) is 8.91. The number of phosphoric acid groups is 1. The number of ether oxygens (including phenoxy) is 2. The lowest BCUT2D eigenvalue weighted by atomic mass is 10.0. The van der Waals surface area contributed by atoms with Gasteiger partial charge in [-0.15, -0.1) is 0 Å². The Kier molecular flexibility index (Phi) is 34.7. The molecule has 0 saturated carbocycles. The van der Waals surface area contributed by atoms with Gasteiger partial charge in [0.2, 0.25) is 0 Å². The van der Waals surface area contributed by atoms with Gasteiger partial charge in [0.05, 0.1) is 27.7 Å². The minimum Gasteiger partial charge on any atom is -0.756 e. The van der Waals surface area contributed by atoms with Crippen molar-refractivity contribution in [1.82, 2.24) is 0 Å². The molecule has 0 bridgehead atoms. The lowest BCUT2D eigenvalue weighted by Gasteiger charge is -2.28. The SMILES string of the molecule is CCCCC/C=C/C/C=C/C/C=C/CCCCCCC(=O)O[C@H](COC(=O)CCCCCCCCCCCCCC)COP(=O)([O-])OCC[N+](C)(C)C. The second-order valence-electron chi connectivity index (χ2n) is 15.4. The van der Waals surface area contributed by atoms with Gasteiger partial charge in [0.1, 0.15) is 19.8 Å². The van der Waals surface area contributed by atoms with E-state index in [9.17, 15) is 19.0 Å². The van der Waals surface area contributed by atoms with E-state index >= 15 is 0 Å². The Bertz CT molecular complexity index is 1010. The molecule has 53 heavy (non-hydrogen) atoms. The van der Waals surface area contributed by atoms with Crippen LogP contribution in [0.3, 0.4) is 0 Å². The summed E-state index contributed by atoms with van der Waals surface area (Å²) in [6.45, 7) is 4.16. The molecule has 0 aliphatic heterocycles. The summed E-state index contributed by atoms with van der Waals surface area (Å²) in [4.78, 5) is 37.4. The van der Waals surface area contributed by atoms with Gasteiger partial charge in [0.15, 0.2) is 6.10 Å². The third-order valence-corrected chi connectivity index (χ3v) is 9.88. The van der Waals surface area contributed by atoms with Crippen LogP contribution in [0.2, 0.25) is 0 Å². The largest absolute Gasteiger partial charge is 0.756 e. The number of likely N-dealkylation sites (N-methyl/N-ethyl adjacent to an activating group) is 1. The molecule has 0 aromatic heterocycles. The van der Waals surface area contributed by atoms with Crippen molar-refractivity contribution < 1.29 is 42.1 Å². The summed E-state index contributed by atoms with van der Waals surface area (Å²) in [6, 6.07) is 0. The van der Waals surface area contributed by atoms with E-state index in [-0.39, 0.29) is 26.1 Å². The Morgan fingerprint density at radius 3 is 1.55 bits per heavy atom. The van der Waals surface area contributed by atoms with Crippen molar-refractivity contribution in [2.45, 2.75) is 180 Å². The maximum Gasteiger partial charge on any atom is 0.306 e. The fourth-order valence-corrected chi connectivity index (χ4v) is 6.27. The summed E-state index contributed by atoms with van der Waals surface area (Å²) in [6.07, 6.45) is 38.8. The van der Waals surface area contributed by atoms with E-state index in [0.717, 1.165) is 57.8 Å². The number of phosphoric ester groups is 1. The molecule has 0 fully saturated rings. The van der Waals surface area contributed by atoms with Crippen molar-refractivity contribution in [2.75, 3.05) is 47.5 Å². The average molecular weight is 770 g/mol. The van der Waals surface area contributed by atoms with Crippen molar-refractivity contribution in [3.63, 3.8) is 0 Å². The van der Waals surface area contributed by atoms with E-state index in [1.54, 1.807) is 0 Å². The molecule has 0 aliphatic carbocycles.